The predicted molar refractivity (Wildman–Crippen MR) is 123 cm³/mol. The molecule has 3 aromatic rings. The molecule has 1 aromatic carbocycles. The third kappa shape index (κ3) is 4.84. The molecule has 0 bridgehead atoms. The van der Waals surface area contributed by atoms with E-state index < -0.39 is 11.6 Å². The highest BCUT2D eigenvalue weighted by atomic mass is 19.2. The van der Waals surface area contributed by atoms with Gasteiger partial charge in [-0.05, 0) is 69.1 Å². The zero-order valence-corrected chi connectivity index (χ0v) is 19.0. The summed E-state index contributed by atoms with van der Waals surface area (Å²) in [5.74, 6) is 0.128. The van der Waals surface area contributed by atoms with Crippen molar-refractivity contribution in [3.8, 4) is 11.3 Å². The summed E-state index contributed by atoms with van der Waals surface area (Å²) in [4.78, 5) is 24.8. The smallest absolute Gasteiger partial charge is 0.317 e. The van der Waals surface area contributed by atoms with Crippen LogP contribution in [0.5, 0.6) is 0 Å². The molecule has 0 unspecified atom stereocenters. The Hall–Kier alpha value is -3.20. The number of nitrogens with one attached hydrogen (secondary N) is 2. The number of carbonyl (C=O) groups excluding carboxylic acids is 1. The van der Waals surface area contributed by atoms with E-state index in [4.69, 9.17) is 4.42 Å². The number of rotatable bonds is 6. The van der Waals surface area contributed by atoms with Gasteiger partial charge in [0.2, 0.25) is 0 Å². The van der Waals surface area contributed by atoms with Gasteiger partial charge in [0.05, 0.1) is 24.2 Å². The number of imidazole rings is 1. The van der Waals surface area contributed by atoms with Crippen LogP contribution in [0.3, 0.4) is 0 Å². The number of hydrogen-bond acceptors (Lipinski definition) is 4. The SMILES string of the molecule is O=C(NC[C@H](c1ccco1)N1CCCC1)N1CCC(c2ncc(-c3ccc(F)c(F)c3)[nH]2)CC1. The van der Waals surface area contributed by atoms with Gasteiger partial charge in [0, 0.05) is 31.1 Å². The fourth-order valence-electron chi connectivity index (χ4n) is 4.95. The molecule has 0 saturated carbocycles. The maximum absolute atomic E-state index is 13.6. The Labute approximate surface area is 197 Å². The second-order valence-electron chi connectivity index (χ2n) is 9.03. The molecule has 0 spiro atoms. The fraction of sp³-hybridized carbons (Fsp3) is 0.440. The van der Waals surface area contributed by atoms with Crippen molar-refractivity contribution in [2.45, 2.75) is 37.6 Å². The minimum absolute atomic E-state index is 0.0526. The van der Waals surface area contributed by atoms with Crippen LogP contribution in [0, 0.1) is 11.6 Å². The lowest BCUT2D eigenvalue weighted by atomic mass is 9.96. The topological polar surface area (TPSA) is 77.4 Å². The van der Waals surface area contributed by atoms with Gasteiger partial charge in [-0.2, -0.15) is 0 Å². The molecule has 0 aliphatic carbocycles. The number of hydrogen-bond donors (Lipinski definition) is 2. The number of carbonyl (C=O) groups is 1. The lowest BCUT2D eigenvalue weighted by Gasteiger charge is -2.32. The van der Waals surface area contributed by atoms with Crippen molar-refractivity contribution >= 4 is 6.03 Å². The first kappa shape index (κ1) is 22.6. The maximum Gasteiger partial charge on any atom is 0.317 e. The number of benzene rings is 1. The number of furan rings is 1. The number of aromatic nitrogens is 2. The number of likely N-dealkylation sites (tertiary alicyclic amines) is 2. The van der Waals surface area contributed by atoms with E-state index in [9.17, 15) is 13.6 Å². The molecule has 0 radical (unpaired) electrons. The van der Waals surface area contributed by atoms with Crippen molar-refractivity contribution in [1.29, 1.82) is 0 Å². The Balaban J connectivity index is 1.15. The Kier molecular flexibility index (Phi) is 6.62. The van der Waals surface area contributed by atoms with Gasteiger partial charge in [-0.1, -0.05) is 0 Å². The van der Waals surface area contributed by atoms with Gasteiger partial charge < -0.3 is 19.6 Å². The van der Waals surface area contributed by atoms with E-state index in [1.54, 1.807) is 12.5 Å². The molecular formula is C25H29F2N5O2. The fourth-order valence-corrected chi connectivity index (χ4v) is 4.95. The molecule has 34 heavy (non-hydrogen) atoms. The number of aromatic amines is 1. The van der Waals surface area contributed by atoms with Gasteiger partial charge in [-0.3, -0.25) is 4.90 Å². The first-order valence-corrected chi connectivity index (χ1v) is 11.9. The van der Waals surface area contributed by atoms with Crippen molar-refractivity contribution < 1.29 is 18.0 Å². The van der Waals surface area contributed by atoms with E-state index in [1.165, 1.54) is 18.9 Å². The van der Waals surface area contributed by atoms with Crippen LogP contribution < -0.4 is 5.32 Å². The molecule has 2 N–H and O–H groups in total. The lowest BCUT2D eigenvalue weighted by molar-refractivity contribution is 0.169. The normalized spacial score (nSPS) is 18.4. The molecule has 7 nitrogen and oxygen atoms in total. The highest BCUT2D eigenvalue weighted by molar-refractivity contribution is 5.74. The highest BCUT2D eigenvalue weighted by Crippen LogP contribution is 2.29. The Morgan fingerprint density at radius 1 is 1.15 bits per heavy atom. The van der Waals surface area contributed by atoms with Crippen LogP contribution in [-0.4, -0.2) is 58.5 Å². The van der Waals surface area contributed by atoms with E-state index in [0.717, 1.165) is 49.6 Å². The molecule has 2 aliphatic heterocycles. The number of H-pyrrole nitrogens is 1. The zero-order chi connectivity index (χ0) is 23.5. The number of halogens is 2. The molecule has 2 aromatic heterocycles. The molecular weight excluding hydrogens is 440 g/mol. The monoisotopic (exact) mass is 469 g/mol. The second kappa shape index (κ2) is 9.97. The number of amides is 2. The van der Waals surface area contributed by atoms with E-state index >= 15 is 0 Å². The van der Waals surface area contributed by atoms with Gasteiger partial charge >= 0.3 is 6.03 Å². The Morgan fingerprint density at radius 3 is 2.65 bits per heavy atom. The zero-order valence-electron chi connectivity index (χ0n) is 19.0. The van der Waals surface area contributed by atoms with Gasteiger partial charge in [-0.15, -0.1) is 0 Å². The summed E-state index contributed by atoms with van der Waals surface area (Å²) in [5.41, 5.74) is 1.21. The number of urea groups is 1. The lowest BCUT2D eigenvalue weighted by Crippen LogP contribution is -2.46. The molecule has 5 rings (SSSR count). The Bertz CT molecular complexity index is 1100. The van der Waals surface area contributed by atoms with E-state index in [1.807, 2.05) is 17.0 Å². The molecule has 2 fully saturated rings. The quantitative estimate of drug-likeness (QED) is 0.550. The maximum atomic E-state index is 13.6. The average molecular weight is 470 g/mol. The molecule has 9 heteroatoms. The molecule has 180 valence electrons. The van der Waals surface area contributed by atoms with Crippen molar-refractivity contribution in [3.63, 3.8) is 0 Å². The van der Waals surface area contributed by atoms with Crippen LogP contribution >= 0.6 is 0 Å². The van der Waals surface area contributed by atoms with E-state index in [-0.39, 0.29) is 18.0 Å². The van der Waals surface area contributed by atoms with Crippen molar-refractivity contribution in [2.75, 3.05) is 32.7 Å². The van der Waals surface area contributed by atoms with E-state index in [0.29, 0.717) is 30.9 Å². The number of piperidine rings is 1. The minimum atomic E-state index is -0.882. The summed E-state index contributed by atoms with van der Waals surface area (Å²) in [6, 6.07) is 7.66. The van der Waals surface area contributed by atoms with Crippen molar-refractivity contribution in [1.82, 2.24) is 25.1 Å². The standard InChI is InChI=1S/C25H29F2N5O2/c26-19-6-5-18(14-20(19)27)21-15-28-24(30-21)17-7-11-32(12-8-17)25(33)29-16-22(23-4-3-13-34-23)31-9-1-2-10-31/h3-6,13-15,17,22H,1-2,7-12,16H2,(H,28,30)(H,29,33)/t22-/m1/s1. The first-order chi connectivity index (χ1) is 16.6. The molecule has 1 atom stereocenters. The third-order valence-electron chi connectivity index (χ3n) is 6.89. The Morgan fingerprint density at radius 2 is 1.94 bits per heavy atom. The van der Waals surface area contributed by atoms with Crippen LogP contribution in [0.15, 0.2) is 47.2 Å². The molecule has 2 aliphatic rings. The summed E-state index contributed by atoms with van der Waals surface area (Å²) < 4.78 is 32.4. The van der Waals surface area contributed by atoms with Gasteiger partial charge in [-0.25, -0.2) is 18.6 Å². The largest absolute Gasteiger partial charge is 0.468 e. The molecule has 4 heterocycles. The summed E-state index contributed by atoms with van der Waals surface area (Å²) in [6.45, 7) is 3.81. The van der Waals surface area contributed by atoms with E-state index in [2.05, 4.69) is 20.2 Å². The molecule has 2 saturated heterocycles. The van der Waals surface area contributed by atoms with Crippen molar-refractivity contribution in [3.05, 3.63) is 66.0 Å². The second-order valence-corrected chi connectivity index (χ2v) is 9.03. The summed E-state index contributed by atoms with van der Waals surface area (Å²) in [5, 5.41) is 3.10. The summed E-state index contributed by atoms with van der Waals surface area (Å²) in [6.07, 6.45) is 7.23. The van der Waals surface area contributed by atoms with Crippen LogP contribution in [0.2, 0.25) is 0 Å². The summed E-state index contributed by atoms with van der Waals surface area (Å²) in [7, 11) is 0. The summed E-state index contributed by atoms with van der Waals surface area (Å²) >= 11 is 0. The van der Waals surface area contributed by atoms with Crippen molar-refractivity contribution in [2.24, 2.45) is 0 Å². The number of nitrogens with zero attached hydrogens (tertiary/aromatic N) is 3. The van der Waals surface area contributed by atoms with Crippen LogP contribution in [0.1, 0.15) is 49.2 Å². The van der Waals surface area contributed by atoms with Crippen LogP contribution in [0.25, 0.3) is 11.3 Å². The minimum Gasteiger partial charge on any atom is -0.468 e. The first-order valence-electron chi connectivity index (χ1n) is 11.9. The van der Waals surface area contributed by atoms with Gasteiger partial charge in [0.15, 0.2) is 11.6 Å². The predicted octanol–water partition coefficient (Wildman–Crippen LogP) is 4.67. The third-order valence-corrected chi connectivity index (χ3v) is 6.89. The van der Waals surface area contributed by atoms with Gasteiger partial charge in [0.1, 0.15) is 11.6 Å². The van der Waals surface area contributed by atoms with Gasteiger partial charge in [0.25, 0.3) is 0 Å². The van der Waals surface area contributed by atoms with Crippen LogP contribution in [-0.2, 0) is 0 Å². The van der Waals surface area contributed by atoms with Crippen LogP contribution in [0.4, 0.5) is 13.6 Å². The molecule has 2 amide bonds. The highest BCUT2D eigenvalue weighted by Gasteiger charge is 2.29. The average Bonchev–Trinajstić information content (AvgIpc) is 3.64.